The van der Waals surface area contributed by atoms with E-state index in [0.29, 0.717) is 12.3 Å². The third-order valence-corrected chi connectivity index (χ3v) is 4.49. The van der Waals surface area contributed by atoms with E-state index in [1.807, 2.05) is 0 Å². The maximum absolute atomic E-state index is 10.0. The van der Waals surface area contributed by atoms with Gasteiger partial charge < -0.3 is 15.3 Å². The van der Waals surface area contributed by atoms with Crippen molar-refractivity contribution in [2.75, 3.05) is 0 Å². The largest absolute Gasteiger partial charge is 0.384 e. The lowest BCUT2D eigenvalue weighted by atomic mass is 9.43. The third kappa shape index (κ3) is 0.901. The summed E-state index contributed by atoms with van der Waals surface area (Å²) in [7, 11) is 0. The molecule has 13 heavy (non-hydrogen) atoms. The van der Waals surface area contributed by atoms with Crippen LogP contribution in [-0.2, 0) is 0 Å². The van der Waals surface area contributed by atoms with Gasteiger partial charge in [-0.05, 0) is 30.6 Å². The van der Waals surface area contributed by atoms with Crippen LogP contribution in [0.4, 0.5) is 0 Å². The topological polar surface area (TPSA) is 60.7 Å². The second-order valence-electron chi connectivity index (χ2n) is 5.47. The molecule has 3 N–H and O–H groups in total. The molecule has 3 heteroatoms. The van der Waals surface area contributed by atoms with Gasteiger partial charge in [-0.2, -0.15) is 0 Å². The van der Waals surface area contributed by atoms with Gasteiger partial charge in [0.15, 0.2) is 5.79 Å². The lowest BCUT2D eigenvalue weighted by Gasteiger charge is -2.66. The van der Waals surface area contributed by atoms with Gasteiger partial charge in [0, 0.05) is 6.42 Å². The highest BCUT2D eigenvalue weighted by Crippen LogP contribution is 2.64. The standard InChI is InChI=1S/C10H18O3/c1-8(2)6-4-7(8)9(3,11)10(12,13)5-6/h6-7,11-13H,4-5H2,1-3H3. The van der Waals surface area contributed by atoms with Crippen LogP contribution in [-0.4, -0.2) is 26.7 Å². The van der Waals surface area contributed by atoms with Crippen LogP contribution in [0.2, 0.25) is 0 Å². The van der Waals surface area contributed by atoms with E-state index in [-0.39, 0.29) is 11.3 Å². The third-order valence-electron chi connectivity index (χ3n) is 4.49. The molecule has 0 saturated heterocycles. The van der Waals surface area contributed by atoms with Crippen LogP contribution in [0.5, 0.6) is 0 Å². The van der Waals surface area contributed by atoms with E-state index in [1.165, 1.54) is 6.92 Å². The predicted octanol–water partition coefficient (Wildman–Crippen LogP) is 0.484. The SMILES string of the molecule is CC1(C)C2CC1C(C)(O)C(O)(O)C2. The molecule has 3 atom stereocenters. The highest BCUT2D eigenvalue weighted by Gasteiger charge is 2.68. The van der Waals surface area contributed by atoms with Crippen LogP contribution >= 0.6 is 0 Å². The summed E-state index contributed by atoms with van der Waals surface area (Å²) >= 11 is 0. The molecule has 3 aliphatic rings. The van der Waals surface area contributed by atoms with E-state index in [2.05, 4.69) is 13.8 Å². The summed E-state index contributed by atoms with van der Waals surface area (Å²) in [5.41, 5.74) is -1.30. The van der Waals surface area contributed by atoms with E-state index >= 15 is 0 Å². The Morgan fingerprint density at radius 1 is 1.08 bits per heavy atom. The average molecular weight is 186 g/mol. The van der Waals surface area contributed by atoms with Crippen molar-refractivity contribution in [3.8, 4) is 0 Å². The van der Waals surface area contributed by atoms with E-state index in [0.717, 1.165) is 6.42 Å². The summed E-state index contributed by atoms with van der Waals surface area (Å²) in [6, 6.07) is 0. The normalized spacial score (nSPS) is 51.2. The first-order valence-corrected chi connectivity index (χ1v) is 4.87. The lowest BCUT2D eigenvalue weighted by Crippen LogP contribution is -2.72. The second kappa shape index (κ2) is 2.10. The van der Waals surface area contributed by atoms with Crippen molar-refractivity contribution < 1.29 is 15.3 Å². The van der Waals surface area contributed by atoms with Gasteiger partial charge in [-0.25, -0.2) is 0 Å². The fourth-order valence-electron chi connectivity index (χ4n) is 3.15. The molecule has 0 amide bonds. The Hall–Kier alpha value is -0.120. The molecule has 0 aromatic heterocycles. The molecule has 2 bridgehead atoms. The molecule has 3 aliphatic carbocycles. The van der Waals surface area contributed by atoms with Gasteiger partial charge in [0.1, 0.15) is 5.60 Å². The Bertz CT molecular complexity index is 243. The first-order chi connectivity index (χ1) is 5.69. The van der Waals surface area contributed by atoms with Crippen molar-refractivity contribution in [2.24, 2.45) is 17.3 Å². The van der Waals surface area contributed by atoms with Crippen molar-refractivity contribution in [1.82, 2.24) is 0 Å². The van der Waals surface area contributed by atoms with Crippen LogP contribution in [0, 0.1) is 17.3 Å². The molecule has 0 aliphatic heterocycles. The Balaban J connectivity index is 2.34. The number of fused-ring (bicyclic) bond motifs is 2. The lowest BCUT2D eigenvalue weighted by molar-refractivity contribution is -0.366. The fourth-order valence-corrected chi connectivity index (χ4v) is 3.15. The number of aliphatic hydroxyl groups is 3. The van der Waals surface area contributed by atoms with Crippen molar-refractivity contribution in [3.05, 3.63) is 0 Å². The minimum atomic E-state index is -1.89. The highest BCUT2D eigenvalue weighted by atomic mass is 16.5. The number of hydrogen-bond acceptors (Lipinski definition) is 3. The molecule has 3 rings (SSSR count). The van der Waals surface area contributed by atoms with Gasteiger partial charge in [0.25, 0.3) is 0 Å². The van der Waals surface area contributed by atoms with Gasteiger partial charge in [-0.15, -0.1) is 0 Å². The van der Waals surface area contributed by atoms with Crippen molar-refractivity contribution >= 4 is 0 Å². The zero-order valence-electron chi connectivity index (χ0n) is 8.41. The minimum Gasteiger partial charge on any atom is -0.384 e. The van der Waals surface area contributed by atoms with Crippen LogP contribution in [0.15, 0.2) is 0 Å². The Labute approximate surface area is 78.4 Å². The zero-order valence-corrected chi connectivity index (χ0v) is 8.41. The fraction of sp³-hybridized carbons (Fsp3) is 1.00. The molecule has 0 spiro atoms. The maximum atomic E-state index is 10.0. The number of rotatable bonds is 0. The maximum Gasteiger partial charge on any atom is 0.192 e. The molecule has 3 unspecified atom stereocenters. The van der Waals surface area contributed by atoms with Crippen LogP contribution in [0.1, 0.15) is 33.6 Å². The van der Waals surface area contributed by atoms with Crippen LogP contribution in [0.25, 0.3) is 0 Å². The summed E-state index contributed by atoms with van der Waals surface area (Å²) in [5, 5.41) is 29.3. The van der Waals surface area contributed by atoms with Crippen LogP contribution in [0.3, 0.4) is 0 Å². The molecule has 0 aromatic carbocycles. The Morgan fingerprint density at radius 3 is 1.92 bits per heavy atom. The summed E-state index contributed by atoms with van der Waals surface area (Å²) in [5.74, 6) is -1.54. The van der Waals surface area contributed by atoms with E-state index < -0.39 is 11.4 Å². The molecule has 0 aromatic rings. The summed E-state index contributed by atoms with van der Waals surface area (Å²) in [4.78, 5) is 0. The van der Waals surface area contributed by atoms with E-state index in [1.54, 1.807) is 0 Å². The van der Waals surface area contributed by atoms with Crippen molar-refractivity contribution in [3.63, 3.8) is 0 Å². The molecular formula is C10H18O3. The predicted molar refractivity (Wildman–Crippen MR) is 47.8 cm³/mol. The second-order valence-corrected chi connectivity index (χ2v) is 5.47. The Kier molecular flexibility index (Phi) is 1.52. The summed E-state index contributed by atoms with van der Waals surface area (Å²) in [6.07, 6.45) is 1.21. The first kappa shape index (κ1) is 9.44. The highest BCUT2D eigenvalue weighted by molar-refractivity contribution is 5.14. The first-order valence-electron chi connectivity index (χ1n) is 4.87. The zero-order chi connectivity index (χ0) is 10.1. The molecule has 3 saturated carbocycles. The van der Waals surface area contributed by atoms with Crippen LogP contribution < -0.4 is 0 Å². The Morgan fingerprint density at radius 2 is 1.62 bits per heavy atom. The van der Waals surface area contributed by atoms with Gasteiger partial charge in [0.2, 0.25) is 0 Å². The summed E-state index contributed by atoms with van der Waals surface area (Å²) in [6.45, 7) is 5.72. The monoisotopic (exact) mass is 186 g/mol. The molecule has 76 valence electrons. The smallest absolute Gasteiger partial charge is 0.192 e. The van der Waals surface area contributed by atoms with Gasteiger partial charge in [-0.1, -0.05) is 13.8 Å². The number of hydrogen-bond donors (Lipinski definition) is 3. The molecule has 0 radical (unpaired) electrons. The quantitative estimate of drug-likeness (QED) is 0.482. The van der Waals surface area contributed by atoms with E-state index in [4.69, 9.17) is 0 Å². The molecule has 0 heterocycles. The van der Waals surface area contributed by atoms with Gasteiger partial charge in [-0.3, -0.25) is 0 Å². The molecule has 3 fully saturated rings. The minimum absolute atomic E-state index is 0.00810. The van der Waals surface area contributed by atoms with E-state index in [9.17, 15) is 15.3 Å². The van der Waals surface area contributed by atoms with Gasteiger partial charge >= 0.3 is 0 Å². The van der Waals surface area contributed by atoms with Crippen molar-refractivity contribution in [2.45, 2.75) is 45.0 Å². The molecule has 3 nitrogen and oxygen atoms in total. The average Bonchev–Trinajstić information content (AvgIpc) is 1.94. The van der Waals surface area contributed by atoms with Gasteiger partial charge in [0.05, 0.1) is 0 Å². The van der Waals surface area contributed by atoms with Crippen molar-refractivity contribution in [1.29, 1.82) is 0 Å². The summed E-state index contributed by atoms with van der Waals surface area (Å²) < 4.78 is 0. The molecular weight excluding hydrogens is 168 g/mol.